The molecule has 0 aromatic carbocycles. The number of aliphatic hydroxyl groups excluding tert-OH is 1. The van der Waals surface area contributed by atoms with Crippen LogP contribution in [0.4, 0.5) is 11.5 Å². The zero-order chi connectivity index (χ0) is 11.5. The van der Waals surface area contributed by atoms with Crippen molar-refractivity contribution >= 4 is 11.5 Å². The lowest BCUT2D eigenvalue weighted by Gasteiger charge is -2.31. The highest BCUT2D eigenvalue weighted by Crippen LogP contribution is 2.28. The van der Waals surface area contributed by atoms with Crippen LogP contribution in [0.1, 0.15) is 12.8 Å². The molecule has 0 saturated heterocycles. The summed E-state index contributed by atoms with van der Waals surface area (Å²) < 4.78 is 0. The molecule has 0 amide bonds. The van der Waals surface area contributed by atoms with E-state index in [2.05, 4.69) is 10.3 Å². The molecule has 0 bridgehead atoms. The highest BCUT2D eigenvalue weighted by molar-refractivity contribution is 5.55. The fraction of sp³-hybridized carbons (Fsp3) is 0.500. The van der Waals surface area contributed by atoms with E-state index < -0.39 is 4.92 Å². The first-order valence-corrected chi connectivity index (χ1v) is 5.18. The first-order valence-electron chi connectivity index (χ1n) is 5.18. The molecule has 1 fully saturated rings. The van der Waals surface area contributed by atoms with E-state index in [9.17, 15) is 10.1 Å². The lowest BCUT2D eigenvalue weighted by Crippen LogP contribution is -2.33. The number of rotatable bonds is 4. The van der Waals surface area contributed by atoms with Crippen LogP contribution in [-0.4, -0.2) is 27.7 Å². The van der Waals surface area contributed by atoms with Gasteiger partial charge < -0.3 is 10.4 Å². The van der Waals surface area contributed by atoms with Crippen molar-refractivity contribution in [1.82, 2.24) is 4.98 Å². The summed E-state index contributed by atoms with van der Waals surface area (Å²) in [6, 6.07) is 2.96. The molecule has 1 aromatic rings. The first kappa shape index (κ1) is 10.8. The summed E-state index contributed by atoms with van der Waals surface area (Å²) in [4.78, 5) is 14.2. The fourth-order valence-corrected chi connectivity index (χ4v) is 1.79. The molecule has 1 saturated carbocycles. The van der Waals surface area contributed by atoms with E-state index in [0.29, 0.717) is 18.3 Å². The van der Waals surface area contributed by atoms with E-state index in [0.717, 1.165) is 12.8 Å². The van der Waals surface area contributed by atoms with Crippen LogP contribution in [0.3, 0.4) is 0 Å². The third-order valence-electron chi connectivity index (χ3n) is 2.75. The minimum Gasteiger partial charge on any atom is -0.393 e. The van der Waals surface area contributed by atoms with Crippen molar-refractivity contribution in [3.05, 3.63) is 28.4 Å². The summed E-state index contributed by atoms with van der Waals surface area (Å²) in [5.74, 6) is 0.686. The number of hydrogen-bond donors (Lipinski definition) is 2. The predicted octanol–water partition coefficient (Wildman–Crippen LogP) is 1.17. The third kappa shape index (κ3) is 2.27. The first-order chi connectivity index (χ1) is 7.66. The van der Waals surface area contributed by atoms with Gasteiger partial charge in [-0.25, -0.2) is 4.98 Å². The average molecular weight is 223 g/mol. The van der Waals surface area contributed by atoms with Gasteiger partial charge in [-0.2, -0.15) is 0 Å². The topological polar surface area (TPSA) is 88.3 Å². The van der Waals surface area contributed by atoms with Crippen molar-refractivity contribution < 1.29 is 10.0 Å². The van der Waals surface area contributed by atoms with Crippen molar-refractivity contribution in [1.29, 1.82) is 0 Å². The molecule has 2 rings (SSSR count). The second kappa shape index (κ2) is 4.44. The van der Waals surface area contributed by atoms with Gasteiger partial charge in [-0.3, -0.25) is 10.1 Å². The maximum atomic E-state index is 10.7. The number of nitrogens with zero attached hydrogens (tertiary/aromatic N) is 2. The average Bonchev–Trinajstić information content (AvgIpc) is 2.23. The Hall–Kier alpha value is -1.69. The SMILES string of the molecule is O=[N+]([O-])c1cccnc1NCC1CC(O)C1. The smallest absolute Gasteiger partial charge is 0.311 e. The molecule has 1 aliphatic rings. The minimum absolute atomic E-state index is 0.0117. The van der Waals surface area contributed by atoms with Gasteiger partial charge in [0.05, 0.1) is 11.0 Å². The van der Waals surface area contributed by atoms with E-state index in [1.54, 1.807) is 0 Å². The molecule has 0 atom stereocenters. The van der Waals surface area contributed by atoms with Crippen LogP contribution < -0.4 is 5.32 Å². The van der Waals surface area contributed by atoms with Crippen LogP contribution in [0, 0.1) is 16.0 Å². The van der Waals surface area contributed by atoms with Crippen LogP contribution in [0.25, 0.3) is 0 Å². The highest BCUT2D eigenvalue weighted by Gasteiger charge is 2.27. The highest BCUT2D eigenvalue weighted by atomic mass is 16.6. The van der Waals surface area contributed by atoms with Crippen molar-refractivity contribution in [2.24, 2.45) is 5.92 Å². The molecule has 1 heterocycles. The zero-order valence-corrected chi connectivity index (χ0v) is 8.67. The second-order valence-corrected chi connectivity index (χ2v) is 4.00. The Morgan fingerprint density at radius 1 is 1.62 bits per heavy atom. The van der Waals surface area contributed by atoms with Crippen LogP contribution in [0.15, 0.2) is 18.3 Å². The number of nitro groups is 1. The van der Waals surface area contributed by atoms with Crippen molar-refractivity contribution in [2.45, 2.75) is 18.9 Å². The number of hydrogen-bond acceptors (Lipinski definition) is 5. The molecule has 0 unspecified atom stereocenters. The number of nitrogens with one attached hydrogen (secondary N) is 1. The summed E-state index contributed by atoms with van der Waals surface area (Å²) in [7, 11) is 0. The quantitative estimate of drug-likeness (QED) is 0.591. The summed E-state index contributed by atoms with van der Waals surface area (Å²) in [5.41, 5.74) is -0.0117. The number of pyridine rings is 1. The molecule has 0 aliphatic heterocycles. The van der Waals surface area contributed by atoms with E-state index in [1.165, 1.54) is 18.3 Å². The number of aromatic nitrogens is 1. The Kier molecular flexibility index (Phi) is 3.00. The molecule has 2 N–H and O–H groups in total. The van der Waals surface area contributed by atoms with Gasteiger partial charge in [-0.1, -0.05) is 0 Å². The maximum absolute atomic E-state index is 10.7. The standard InChI is InChI=1S/C10H13N3O3/c14-8-4-7(5-8)6-12-10-9(13(15)16)2-1-3-11-10/h1-3,7-8,14H,4-6H2,(H,11,12). The summed E-state index contributed by atoms with van der Waals surface area (Å²) in [6.07, 6.45) is 2.83. The third-order valence-corrected chi connectivity index (χ3v) is 2.75. The fourth-order valence-electron chi connectivity index (χ4n) is 1.79. The molecular formula is C10H13N3O3. The lowest BCUT2D eigenvalue weighted by atomic mass is 9.82. The van der Waals surface area contributed by atoms with Crippen molar-refractivity contribution in [3.63, 3.8) is 0 Å². The molecule has 6 nitrogen and oxygen atoms in total. The normalized spacial score (nSPS) is 23.6. The molecular weight excluding hydrogens is 210 g/mol. The van der Waals surface area contributed by atoms with Crippen molar-refractivity contribution in [3.8, 4) is 0 Å². The minimum atomic E-state index is -0.453. The summed E-state index contributed by atoms with van der Waals surface area (Å²) in [6.45, 7) is 0.620. The zero-order valence-electron chi connectivity index (χ0n) is 8.67. The molecule has 0 radical (unpaired) electrons. The molecule has 0 spiro atoms. The van der Waals surface area contributed by atoms with E-state index in [4.69, 9.17) is 5.11 Å². The molecule has 1 aromatic heterocycles. The van der Waals surface area contributed by atoms with Gasteiger partial charge >= 0.3 is 5.69 Å². The van der Waals surface area contributed by atoms with E-state index >= 15 is 0 Å². The summed E-state index contributed by atoms with van der Waals surface area (Å²) >= 11 is 0. The van der Waals surface area contributed by atoms with Gasteiger partial charge in [0.1, 0.15) is 0 Å². The predicted molar refractivity (Wildman–Crippen MR) is 58.1 cm³/mol. The Labute approximate surface area is 92.5 Å². The Bertz CT molecular complexity index is 391. The van der Waals surface area contributed by atoms with Crippen LogP contribution in [0.2, 0.25) is 0 Å². The van der Waals surface area contributed by atoms with Crippen LogP contribution in [-0.2, 0) is 0 Å². The molecule has 16 heavy (non-hydrogen) atoms. The van der Waals surface area contributed by atoms with Crippen LogP contribution >= 0.6 is 0 Å². The van der Waals surface area contributed by atoms with E-state index in [1.807, 2.05) is 0 Å². The Balaban J connectivity index is 1.95. The largest absolute Gasteiger partial charge is 0.393 e. The number of aliphatic hydroxyl groups is 1. The van der Waals surface area contributed by atoms with Crippen LogP contribution in [0.5, 0.6) is 0 Å². The molecule has 1 aliphatic carbocycles. The maximum Gasteiger partial charge on any atom is 0.311 e. The van der Waals surface area contributed by atoms with Gasteiger partial charge in [-0.05, 0) is 24.8 Å². The van der Waals surface area contributed by atoms with Gasteiger partial charge in [-0.15, -0.1) is 0 Å². The summed E-state index contributed by atoms with van der Waals surface area (Å²) in [5, 5.41) is 22.7. The Morgan fingerprint density at radius 3 is 3.00 bits per heavy atom. The monoisotopic (exact) mass is 223 g/mol. The molecule has 6 heteroatoms. The molecule has 86 valence electrons. The van der Waals surface area contributed by atoms with E-state index in [-0.39, 0.29) is 11.8 Å². The van der Waals surface area contributed by atoms with Gasteiger partial charge in [0.2, 0.25) is 5.82 Å². The second-order valence-electron chi connectivity index (χ2n) is 4.00. The lowest BCUT2D eigenvalue weighted by molar-refractivity contribution is -0.384. The number of anilines is 1. The van der Waals surface area contributed by atoms with Crippen molar-refractivity contribution in [2.75, 3.05) is 11.9 Å². The van der Waals surface area contributed by atoms with Gasteiger partial charge in [0, 0.05) is 18.8 Å². The van der Waals surface area contributed by atoms with Gasteiger partial charge in [0.15, 0.2) is 0 Å². The Morgan fingerprint density at radius 2 is 2.38 bits per heavy atom. The van der Waals surface area contributed by atoms with Gasteiger partial charge in [0.25, 0.3) is 0 Å².